The number of carbonyl (C=O) groups is 1. The van der Waals surface area contributed by atoms with Gasteiger partial charge in [0.25, 0.3) is 17.9 Å². The van der Waals surface area contributed by atoms with Gasteiger partial charge in [-0.25, -0.2) is 39.7 Å². The number of nitrogens with one attached hydrogen (secondary N) is 2. The fourth-order valence-corrected chi connectivity index (χ4v) is 9.20. The number of fused-ring (bicyclic) bond motifs is 5. The van der Waals surface area contributed by atoms with Gasteiger partial charge in [0.1, 0.15) is 47.0 Å². The summed E-state index contributed by atoms with van der Waals surface area (Å²) in [6.07, 6.45) is -2.97. The summed E-state index contributed by atoms with van der Waals surface area (Å²) in [5, 5.41) is 10.4. The second-order valence-electron chi connectivity index (χ2n) is 15.4. The average Bonchev–Trinajstić information content (AvgIpc) is 3.73. The summed E-state index contributed by atoms with van der Waals surface area (Å²) >= 11 is 6.59. The third kappa shape index (κ3) is 7.35. The van der Waals surface area contributed by atoms with Crippen molar-refractivity contribution in [1.29, 1.82) is 0 Å². The predicted molar refractivity (Wildman–Crippen MR) is 213 cm³/mol. The van der Waals surface area contributed by atoms with Crippen LogP contribution in [0.3, 0.4) is 0 Å². The monoisotopic (exact) mass is 916 g/mol. The minimum Gasteiger partial charge on any atom is -0.344 e. The van der Waals surface area contributed by atoms with Crippen LogP contribution in [-0.2, 0) is 40.8 Å². The molecule has 2 aliphatic carbocycles. The van der Waals surface area contributed by atoms with Crippen molar-refractivity contribution in [3.63, 3.8) is 0 Å². The van der Waals surface area contributed by atoms with Gasteiger partial charge in [-0.1, -0.05) is 17.7 Å². The van der Waals surface area contributed by atoms with Gasteiger partial charge in [-0.15, -0.1) is 0 Å². The van der Waals surface area contributed by atoms with Gasteiger partial charge in [0.2, 0.25) is 15.9 Å². The number of sulfonamides is 1. The van der Waals surface area contributed by atoms with Gasteiger partial charge in [0.05, 0.1) is 44.8 Å². The third-order valence-corrected chi connectivity index (χ3v) is 11.9. The first kappa shape index (κ1) is 42.0. The van der Waals surface area contributed by atoms with Crippen LogP contribution in [0, 0.1) is 29.2 Å². The number of amides is 1. The number of aryl methyl sites for hydroxylation is 1. The lowest BCUT2D eigenvalue weighted by atomic mass is 10.0. The second kappa shape index (κ2) is 14.9. The number of alkyl halides is 4. The van der Waals surface area contributed by atoms with Crippen molar-refractivity contribution in [2.75, 3.05) is 11.0 Å². The maximum atomic E-state index is 15.5. The highest BCUT2D eigenvalue weighted by Crippen LogP contribution is 2.68. The quantitative estimate of drug-likeness (QED) is 0.125. The van der Waals surface area contributed by atoms with E-state index in [9.17, 15) is 40.0 Å². The van der Waals surface area contributed by atoms with Crippen LogP contribution in [0.15, 0.2) is 71.5 Å². The number of halogens is 9. The molecule has 1 saturated carbocycles. The van der Waals surface area contributed by atoms with Gasteiger partial charge in [-0.3, -0.25) is 28.2 Å². The molecule has 3 heterocycles. The van der Waals surface area contributed by atoms with E-state index in [-0.39, 0.29) is 67.0 Å². The van der Waals surface area contributed by atoms with Crippen LogP contribution < -0.4 is 15.6 Å². The van der Waals surface area contributed by atoms with E-state index >= 15 is 13.2 Å². The lowest BCUT2D eigenvalue weighted by Crippen LogP contribution is -2.38. The van der Waals surface area contributed by atoms with Crippen LogP contribution in [0.25, 0.3) is 38.6 Å². The van der Waals surface area contributed by atoms with E-state index in [4.69, 9.17) is 16.6 Å². The van der Waals surface area contributed by atoms with Gasteiger partial charge < -0.3 is 5.32 Å². The molecule has 63 heavy (non-hydrogen) atoms. The molecule has 0 bridgehead atoms. The molecule has 0 radical (unpaired) electrons. The summed E-state index contributed by atoms with van der Waals surface area (Å²) < 4.78 is 148. The zero-order valence-electron chi connectivity index (χ0n) is 32.4. The van der Waals surface area contributed by atoms with Gasteiger partial charge in [0.15, 0.2) is 5.82 Å². The lowest BCUT2D eigenvalue weighted by Gasteiger charge is -2.24. The lowest BCUT2D eigenvalue weighted by molar-refractivity contribution is -0.123. The summed E-state index contributed by atoms with van der Waals surface area (Å²) in [4.78, 5) is 33.8. The fraction of sp³-hybridized carbons (Fsp3) is 0.244. The van der Waals surface area contributed by atoms with E-state index in [1.807, 2.05) is 0 Å². The Labute approximate surface area is 355 Å². The van der Waals surface area contributed by atoms with Crippen molar-refractivity contribution in [3.8, 4) is 16.8 Å². The number of hydrogen-bond acceptors (Lipinski definition) is 7. The molecule has 0 spiro atoms. The van der Waals surface area contributed by atoms with Gasteiger partial charge in [-0.05, 0) is 78.1 Å². The summed E-state index contributed by atoms with van der Waals surface area (Å²) in [6.45, 7) is -1.05. The van der Waals surface area contributed by atoms with Gasteiger partial charge >= 0.3 is 0 Å². The zero-order chi connectivity index (χ0) is 45.0. The predicted octanol–water partition coefficient (Wildman–Crippen LogP) is 7.96. The van der Waals surface area contributed by atoms with Crippen molar-refractivity contribution in [1.82, 2.24) is 34.4 Å². The topological polar surface area (TPSA) is 146 Å². The van der Waals surface area contributed by atoms with Crippen LogP contribution in [0.2, 0.25) is 5.02 Å². The maximum Gasteiger partial charge on any atom is 0.293 e. The molecular formula is C41H29ClF8N8O4S. The molecule has 1 amide bonds. The average molecular weight is 917 g/mol. The first-order valence-electron chi connectivity index (χ1n) is 18.9. The molecule has 0 aliphatic heterocycles. The molecule has 7 aromatic rings. The molecular weight excluding hydrogens is 888 g/mol. The molecule has 2 N–H and O–H groups in total. The molecule has 9 rings (SSSR count). The number of nitrogens with zero attached hydrogens (tertiary/aromatic N) is 6. The minimum atomic E-state index is -3.96. The standard InChI is InChI=1S/C41H29ClF8N8O4S/c1-56-35-30(8-6-26(42)33(35)38(54-56)55-63(2,61)62)58-39(52-28-12-18(3-5-22(28)40(58)60)23-14-19(43)4-7-27(23)46)29(11-17-9-20(44)13-21(45)10-17)51-31(59)16-57-36-32(34(53-57)37(47)48)24-15-25(24)41(36,49)50/h3-10,12-14,24-25,29,37H,11,15-16H2,1-2H3,(H,51,59)(H,54,55)/t24-,25+,29-/m0/s1. The Bertz CT molecular complexity index is 3250. The van der Waals surface area contributed by atoms with Crippen LogP contribution in [0.4, 0.5) is 40.9 Å². The number of benzene rings is 4. The van der Waals surface area contributed by atoms with Crippen molar-refractivity contribution in [2.45, 2.75) is 43.7 Å². The number of rotatable bonds is 11. The maximum absolute atomic E-state index is 15.5. The summed E-state index contributed by atoms with van der Waals surface area (Å²) in [5.41, 5.74) is -3.40. The Morgan fingerprint density at radius 3 is 2.40 bits per heavy atom. The first-order chi connectivity index (χ1) is 29.7. The summed E-state index contributed by atoms with van der Waals surface area (Å²) in [7, 11) is -2.56. The summed E-state index contributed by atoms with van der Waals surface area (Å²) in [5.74, 6) is -11.1. The zero-order valence-corrected chi connectivity index (χ0v) is 34.0. The summed E-state index contributed by atoms with van der Waals surface area (Å²) in [6, 6.07) is 9.99. The van der Waals surface area contributed by atoms with E-state index in [1.165, 1.54) is 42.1 Å². The highest BCUT2D eigenvalue weighted by molar-refractivity contribution is 7.92. The largest absolute Gasteiger partial charge is 0.344 e. The Balaban J connectivity index is 1.27. The molecule has 12 nitrogen and oxygen atoms in total. The molecule has 0 saturated heterocycles. The highest BCUT2D eigenvalue weighted by atomic mass is 35.5. The number of hydrogen-bond donors (Lipinski definition) is 2. The molecule has 22 heteroatoms. The molecule has 4 aromatic carbocycles. The van der Waals surface area contributed by atoms with Crippen LogP contribution in [-0.4, -0.2) is 49.7 Å². The van der Waals surface area contributed by atoms with Crippen LogP contribution >= 0.6 is 11.6 Å². The molecule has 3 aromatic heterocycles. The van der Waals surface area contributed by atoms with E-state index < -0.39 is 105 Å². The normalized spacial score (nSPS) is 17.0. The molecule has 2 aliphatic rings. The van der Waals surface area contributed by atoms with Gasteiger partial charge in [-0.2, -0.15) is 19.0 Å². The van der Waals surface area contributed by atoms with Crippen LogP contribution in [0.1, 0.15) is 53.1 Å². The number of anilines is 1. The number of aromatic nitrogens is 6. The second-order valence-corrected chi connectivity index (χ2v) is 17.5. The van der Waals surface area contributed by atoms with E-state index in [1.54, 1.807) is 0 Å². The smallest absolute Gasteiger partial charge is 0.293 e. The Morgan fingerprint density at radius 1 is 0.968 bits per heavy atom. The third-order valence-electron chi connectivity index (χ3n) is 11.0. The Morgan fingerprint density at radius 2 is 1.70 bits per heavy atom. The fourth-order valence-electron chi connectivity index (χ4n) is 8.47. The first-order valence-corrected chi connectivity index (χ1v) is 21.1. The molecule has 1 fully saturated rings. The van der Waals surface area contributed by atoms with Crippen molar-refractivity contribution in [3.05, 3.63) is 134 Å². The highest BCUT2D eigenvalue weighted by Gasteiger charge is 2.67. The van der Waals surface area contributed by atoms with E-state index in [2.05, 4.69) is 20.2 Å². The Kier molecular flexibility index (Phi) is 9.92. The molecule has 3 atom stereocenters. The Hall–Kier alpha value is -6.35. The minimum absolute atomic E-state index is 0.00565. The SMILES string of the molecule is Cn1nc(NS(C)(=O)=O)c2c(Cl)ccc(-n3c([C@H](Cc4cc(F)cc(F)c4)NC(=O)Cn4nc(C(F)F)c5c4C(F)(F)[C@@H]4C[C@H]54)nc4cc(-c5cc(F)ccc5F)ccc4c3=O)c21. The number of carbonyl (C=O) groups excluding carboxylic acids is 1. The van der Waals surface area contributed by atoms with E-state index in [0.29, 0.717) is 10.7 Å². The van der Waals surface area contributed by atoms with Crippen LogP contribution in [0.5, 0.6) is 0 Å². The van der Waals surface area contributed by atoms with Crippen molar-refractivity contribution in [2.24, 2.45) is 13.0 Å². The van der Waals surface area contributed by atoms with Crippen molar-refractivity contribution >= 4 is 55.2 Å². The molecule has 326 valence electrons. The van der Waals surface area contributed by atoms with Crippen molar-refractivity contribution < 1.29 is 48.3 Å². The van der Waals surface area contributed by atoms with Gasteiger partial charge in [0, 0.05) is 36.6 Å². The molecule has 0 unspecified atom stereocenters. The van der Waals surface area contributed by atoms with E-state index in [0.717, 1.165) is 41.2 Å².